The molecule has 4 nitrogen and oxygen atoms in total. The first-order valence-electron chi connectivity index (χ1n) is 3.22. The van der Waals surface area contributed by atoms with E-state index in [1.54, 1.807) is 30.3 Å². The van der Waals surface area contributed by atoms with Crippen molar-refractivity contribution in [2.24, 2.45) is 0 Å². The molecule has 0 fully saturated rings. The standard InChI is InChI=1S/C7H8O4S.Na/c8-12(9,10)11-6-7-4-2-1-3-5-7;/h1-5H,6H2,(H,8,9,10);/q;+1/p-1. The molecule has 0 aliphatic rings. The fourth-order valence-corrected chi connectivity index (χ4v) is 0.995. The van der Waals surface area contributed by atoms with E-state index in [4.69, 9.17) is 0 Å². The van der Waals surface area contributed by atoms with Crippen LogP contribution in [0.2, 0.25) is 0 Å². The molecule has 1 rings (SSSR count). The van der Waals surface area contributed by atoms with E-state index >= 15 is 0 Å². The molecule has 0 radical (unpaired) electrons. The Balaban J connectivity index is 0.00000144. The summed E-state index contributed by atoms with van der Waals surface area (Å²) >= 11 is 0. The van der Waals surface area contributed by atoms with Crippen molar-refractivity contribution in [3.8, 4) is 0 Å². The van der Waals surface area contributed by atoms with Crippen molar-refractivity contribution in [3.63, 3.8) is 0 Å². The van der Waals surface area contributed by atoms with Gasteiger partial charge in [0.15, 0.2) is 0 Å². The second-order valence-electron chi connectivity index (χ2n) is 2.16. The average Bonchev–Trinajstić information content (AvgIpc) is 2.02. The van der Waals surface area contributed by atoms with Gasteiger partial charge < -0.3 is 4.55 Å². The minimum atomic E-state index is -4.57. The molecule has 0 amide bonds. The molecule has 0 unspecified atom stereocenters. The number of rotatable bonds is 3. The van der Waals surface area contributed by atoms with Crippen LogP contribution in [0.5, 0.6) is 0 Å². The van der Waals surface area contributed by atoms with Gasteiger partial charge in [0.05, 0.1) is 6.61 Å². The maximum absolute atomic E-state index is 10.0. The smallest absolute Gasteiger partial charge is 0.726 e. The van der Waals surface area contributed by atoms with Gasteiger partial charge in [-0.1, -0.05) is 30.3 Å². The summed E-state index contributed by atoms with van der Waals surface area (Å²) in [5.74, 6) is 0. The van der Waals surface area contributed by atoms with E-state index in [1.165, 1.54) is 0 Å². The summed E-state index contributed by atoms with van der Waals surface area (Å²) in [6, 6.07) is 8.60. The predicted octanol–water partition coefficient (Wildman–Crippen LogP) is -2.33. The molecule has 0 aliphatic heterocycles. The van der Waals surface area contributed by atoms with Gasteiger partial charge in [-0.3, -0.25) is 4.18 Å². The molecule has 0 saturated heterocycles. The molecule has 1 aromatic carbocycles. The van der Waals surface area contributed by atoms with E-state index < -0.39 is 10.4 Å². The van der Waals surface area contributed by atoms with Gasteiger partial charge in [0, 0.05) is 0 Å². The van der Waals surface area contributed by atoms with Crippen LogP contribution in [0.4, 0.5) is 0 Å². The van der Waals surface area contributed by atoms with E-state index in [1.807, 2.05) is 0 Å². The van der Waals surface area contributed by atoms with Crippen LogP contribution in [-0.4, -0.2) is 13.0 Å². The topological polar surface area (TPSA) is 66.4 Å². The van der Waals surface area contributed by atoms with Gasteiger partial charge in [-0.05, 0) is 5.56 Å². The minimum absolute atomic E-state index is 0. The van der Waals surface area contributed by atoms with Crippen LogP contribution in [0, 0.1) is 0 Å². The first-order chi connectivity index (χ1) is 5.58. The van der Waals surface area contributed by atoms with E-state index in [2.05, 4.69) is 4.18 Å². The van der Waals surface area contributed by atoms with Crippen molar-refractivity contribution < 1.29 is 46.7 Å². The Morgan fingerprint density at radius 1 is 1.23 bits per heavy atom. The van der Waals surface area contributed by atoms with Crippen LogP contribution in [-0.2, 0) is 21.2 Å². The third-order valence-electron chi connectivity index (χ3n) is 1.21. The van der Waals surface area contributed by atoms with Crippen molar-refractivity contribution in [1.29, 1.82) is 0 Å². The summed E-state index contributed by atoms with van der Waals surface area (Å²) in [5, 5.41) is 0. The number of benzene rings is 1. The van der Waals surface area contributed by atoms with Crippen molar-refractivity contribution >= 4 is 10.4 Å². The average molecular weight is 210 g/mol. The third kappa shape index (κ3) is 6.20. The Morgan fingerprint density at radius 2 is 1.77 bits per heavy atom. The fraction of sp³-hybridized carbons (Fsp3) is 0.143. The number of hydrogen-bond acceptors (Lipinski definition) is 4. The fourth-order valence-electron chi connectivity index (χ4n) is 0.714. The summed E-state index contributed by atoms with van der Waals surface area (Å²) in [6.45, 7) is -0.202. The van der Waals surface area contributed by atoms with Gasteiger partial charge in [-0.15, -0.1) is 0 Å². The SMILES string of the molecule is O=S(=O)([O-])OCc1ccccc1.[Na+]. The predicted molar refractivity (Wildman–Crippen MR) is 40.9 cm³/mol. The molecule has 0 aliphatic carbocycles. The molecule has 0 saturated carbocycles. The Bertz CT molecular complexity index is 335. The molecule has 66 valence electrons. The van der Waals surface area contributed by atoms with Gasteiger partial charge in [-0.25, -0.2) is 8.42 Å². The largest absolute Gasteiger partial charge is 1.00 e. The van der Waals surface area contributed by atoms with Crippen molar-refractivity contribution in [2.45, 2.75) is 6.61 Å². The Hall–Kier alpha value is 0.0900. The quantitative estimate of drug-likeness (QED) is 0.319. The van der Waals surface area contributed by atoms with Gasteiger partial charge in [0.1, 0.15) is 0 Å². The second-order valence-corrected chi connectivity index (χ2v) is 3.21. The molecule has 6 heteroatoms. The minimum Gasteiger partial charge on any atom is -0.726 e. The Labute approximate surface area is 99.2 Å². The molecular formula is C7H7NaO4S. The van der Waals surface area contributed by atoms with E-state index in [0.29, 0.717) is 5.56 Å². The number of hydrogen-bond donors (Lipinski definition) is 0. The summed E-state index contributed by atoms with van der Waals surface area (Å²) in [4.78, 5) is 0. The Morgan fingerprint density at radius 3 is 2.23 bits per heavy atom. The maximum Gasteiger partial charge on any atom is 1.00 e. The van der Waals surface area contributed by atoms with Gasteiger partial charge in [-0.2, -0.15) is 0 Å². The van der Waals surface area contributed by atoms with Crippen LogP contribution < -0.4 is 29.6 Å². The van der Waals surface area contributed by atoms with E-state index in [0.717, 1.165) is 0 Å². The van der Waals surface area contributed by atoms with Crippen molar-refractivity contribution in [2.75, 3.05) is 0 Å². The molecule has 0 bridgehead atoms. The Kier molecular flexibility index (Phi) is 5.78. The maximum atomic E-state index is 10.0. The zero-order valence-corrected chi connectivity index (χ0v) is 9.95. The third-order valence-corrected chi connectivity index (χ3v) is 1.62. The molecule has 0 N–H and O–H groups in total. The van der Waals surface area contributed by atoms with Crippen LogP contribution in [0.25, 0.3) is 0 Å². The van der Waals surface area contributed by atoms with Crippen LogP contribution in [0.3, 0.4) is 0 Å². The van der Waals surface area contributed by atoms with Crippen molar-refractivity contribution in [1.82, 2.24) is 0 Å². The molecule has 1 aromatic rings. The molecule has 0 atom stereocenters. The van der Waals surface area contributed by atoms with E-state index in [9.17, 15) is 13.0 Å². The molecule has 0 heterocycles. The summed E-state index contributed by atoms with van der Waals surface area (Å²) < 4.78 is 34.1. The molecule has 0 aromatic heterocycles. The van der Waals surface area contributed by atoms with Crippen LogP contribution in [0.1, 0.15) is 5.56 Å². The van der Waals surface area contributed by atoms with E-state index in [-0.39, 0.29) is 36.2 Å². The van der Waals surface area contributed by atoms with Crippen molar-refractivity contribution in [3.05, 3.63) is 35.9 Å². The normalized spacial score (nSPS) is 10.5. The van der Waals surface area contributed by atoms with Crippen LogP contribution >= 0.6 is 0 Å². The molecule has 13 heavy (non-hydrogen) atoms. The first-order valence-corrected chi connectivity index (χ1v) is 4.55. The molecule has 0 spiro atoms. The zero-order chi connectivity index (χ0) is 9.03. The zero-order valence-electron chi connectivity index (χ0n) is 7.14. The monoisotopic (exact) mass is 210 g/mol. The first kappa shape index (κ1) is 13.1. The van der Waals surface area contributed by atoms with Gasteiger partial charge >= 0.3 is 29.6 Å². The second kappa shape index (κ2) is 5.74. The molecular weight excluding hydrogens is 203 g/mol. The van der Waals surface area contributed by atoms with Crippen LogP contribution in [0.15, 0.2) is 30.3 Å². The summed E-state index contributed by atoms with van der Waals surface area (Å²) in [5.41, 5.74) is 0.650. The van der Waals surface area contributed by atoms with Gasteiger partial charge in [0.2, 0.25) is 10.4 Å². The summed E-state index contributed by atoms with van der Waals surface area (Å²) in [7, 11) is -4.57. The van der Waals surface area contributed by atoms with Gasteiger partial charge in [0.25, 0.3) is 0 Å². The summed E-state index contributed by atoms with van der Waals surface area (Å²) in [6.07, 6.45) is 0.